The third kappa shape index (κ3) is 2.60. The predicted molar refractivity (Wildman–Crippen MR) is 72.7 cm³/mol. The summed E-state index contributed by atoms with van der Waals surface area (Å²) in [5.41, 5.74) is 0.283. The number of ether oxygens (including phenoxy) is 1. The second-order valence-corrected chi connectivity index (χ2v) is 5.12. The van der Waals surface area contributed by atoms with Gasteiger partial charge in [0.15, 0.2) is 5.54 Å². The van der Waals surface area contributed by atoms with Crippen LogP contribution in [0.1, 0.15) is 25.7 Å². The molecule has 1 aliphatic carbocycles. The zero-order valence-electron chi connectivity index (χ0n) is 10.4. The average molecular weight is 265 g/mol. The summed E-state index contributed by atoms with van der Waals surface area (Å²) in [5.74, 6) is 0. The van der Waals surface area contributed by atoms with Gasteiger partial charge in [-0.15, -0.1) is 0 Å². The van der Waals surface area contributed by atoms with Crippen molar-refractivity contribution in [2.45, 2.75) is 37.3 Å². The van der Waals surface area contributed by atoms with Gasteiger partial charge in [-0.1, -0.05) is 18.0 Å². The highest BCUT2D eigenvalue weighted by molar-refractivity contribution is 6.30. The highest BCUT2D eigenvalue weighted by atomic mass is 35.5. The fourth-order valence-corrected chi connectivity index (χ4v) is 2.68. The Morgan fingerprint density at radius 3 is 2.72 bits per heavy atom. The van der Waals surface area contributed by atoms with Gasteiger partial charge in [-0.05, 0) is 43.5 Å². The van der Waals surface area contributed by atoms with Crippen LogP contribution >= 0.6 is 11.6 Å². The predicted octanol–water partition coefficient (Wildman–Crippen LogP) is 3.60. The summed E-state index contributed by atoms with van der Waals surface area (Å²) in [7, 11) is 1.67. The van der Waals surface area contributed by atoms with Crippen LogP contribution in [-0.2, 0) is 4.74 Å². The van der Waals surface area contributed by atoms with E-state index in [1.54, 1.807) is 7.11 Å². The van der Waals surface area contributed by atoms with Crippen molar-refractivity contribution in [3.63, 3.8) is 0 Å². The van der Waals surface area contributed by atoms with Gasteiger partial charge >= 0.3 is 0 Å². The minimum absolute atomic E-state index is 0.0630. The minimum atomic E-state index is -0.624. The maximum Gasteiger partial charge on any atom is 0.151 e. The molecule has 0 bridgehead atoms. The number of nitrogens with one attached hydrogen (secondary N) is 1. The van der Waals surface area contributed by atoms with Crippen LogP contribution in [0, 0.1) is 11.3 Å². The molecule has 1 aromatic carbocycles. The van der Waals surface area contributed by atoms with Crippen molar-refractivity contribution in [3.8, 4) is 6.07 Å². The van der Waals surface area contributed by atoms with E-state index in [0.717, 1.165) is 31.4 Å². The van der Waals surface area contributed by atoms with E-state index in [1.165, 1.54) is 0 Å². The molecular weight excluding hydrogens is 248 g/mol. The Balaban J connectivity index is 2.21. The van der Waals surface area contributed by atoms with Gasteiger partial charge in [0.05, 0.1) is 12.2 Å². The van der Waals surface area contributed by atoms with E-state index in [-0.39, 0.29) is 6.10 Å². The number of halogens is 1. The van der Waals surface area contributed by atoms with Crippen LogP contribution in [0.15, 0.2) is 24.3 Å². The molecule has 18 heavy (non-hydrogen) atoms. The van der Waals surface area contributed by atoms with Gasteiger partial charge in [0.1, 0.15) is 0 Å². The molecule has 1 aliphatic rings. The average Bonchev–Trinajstić information content (AvgIpc) is 2.42. The maximum absolute atomic E-state index is 9.54. The van der Waals surface area contributed by atoms with Gasteiger partial charge in [-0.25, -0.2) is 0 Å². The van der Waals surface area contributed by atoms with Crippen molar-refractivity contribution in [3.05, 3.63) is 29.3 Å². The zero-order valence-corrected chi connectivity index (χ0v) is 11.2. The van der Waals surface area contributed by atoms with Crippen molar-refractivity contribution in [1.82, 2.24) is 0 Å². The Morgan fingerprint density at radius 2 is 2.11 bits per heavy atom. The van der Waals surface area contributed by atoms with Gasteiger partial charge < -0.3 is 10.1 Å². The topological polar surface area (TPSA) is 45.0 Å². The fourth-order valence-electron chi connectivity index (χ4n) is 2.55. The first kappa shape index (κ1) is 13.2. The molecule has 0 heterocycles. The van der Waals surface area contributed by atoms with Crippen LogP contribution in [0.3, 0.4) is 0 Å². The summed E-state index contributed by atoms with van der Waals surface area (Å²) in [6.45, 7) is 0. The number of rotatable bonds is 3. The molecule has 0 amide bonds. The smallest absolute Gasteiger partial charge is 0.151 e. The number of nitrogens with zero attached hydrogens (tertiary/aromatic N) is 1. The van der Waals surface area contributed by atoms with Gasteiger partial charge in [-0.3, -0.25) is 0 Å². The van der Waals surface area contributed by atoms with E-state index in [0.29, 0.717) is 5.02 Å². The second kappa shape index (κ2) is 5.60. The second-order valence-electron chi connectivity index (χ2n) is 4.69. The van der Waals surface area contributed by atoms with Crippen LogP contribution in [-0.4, -0.2) is 18.8 Å². The lowest BCUT2D eigenvalue weighted by Crippen LogP contribution is -2.51. The number of methoxy groups -OCH3 is 1. The highest BCUT2D eigenvalue weighted by Gasteiger charge is 2.41. The van der Waals surface area contributed by atoms with Crippen molar-refractivity contribution in [2.75, 3.05) is 12.4 Å². The normalized spacial score (nSPS) is 27.5. The van der Waals surface area contributed by atoms with Gasteiger partial charge in [-0.2, -0.15) is 5.26 Å². The summed E-state index contributed by atoms with van der Waals surface area (Å²) >= 11 is 5.86. The lowest BCUT2D eigenvalue weighted by molar-refractivity contribution is 0.0370. The Bertz CT molecular complexity index is 440. The molecule has 1 fully saturated rings. The van der Waals surface area contributed by atoms with E-state index in [1.807, 2.05) is 24.3 Å². The van der Waals surface area contributed by atoms with Crippen molar-refractivity contribution < 1.29 is 4.74 Å². The molecule has 3 nitrogen and oxygen atoms in total. The number of nitriles is 1. The summed E-state index contributed by atoms with van der Waals surface area (Å²) in [4.78, 5) is 0. The van der Waals surface area contributed by atoms with E-state index >= 15 is 0 Å². The molecule has 0 aliphatic heterocycles. The Morgan fingerprint density at radius 1 is 1.39 bits per heavy atom. The van der Waals surface area contributed by atoms with Gasteiger partial charge in [0.25, 0.3) is 0 Å². The molecule has 2 atom stereocenters. The van der Waals surface area contributed by atoms with Crippen LogP contribution in [0.2, 0.25) is 5.02 Å². The van der Waals surface area contributed by atoms with Crippen LogP contribution in [0.25, 0.3) is 0 Å². The van der Waals surface area contributed by atoms with E-state index in [9.17, 15) is 5.26 Å². The van der Waals surface area contributed by atoms with Gasteiger partial charge in [0.2, 0.25) is 0 Å². The van der Waals surface area contributed by atoms with Gasteiger partial charge in [0, 0.05) is 17.8 Å². The summed E-state index contributed by atoms with van der Waals surface area (Å²) in [6, 6.07) is 9.83. The molecule has 96 valence electrons. The molecule has 1 N–H and O–H groups in total. The highest BCUT2D eigenvalue weighted by Crippen LogP contribution is 2.33. The van der Waals surface area contributed by atoms with E-state index in [2.05, 4.69) is 11.4 Å². The van der Waals surface area contributed by atoms with E-state index < -0.39 is 5.54 Å². The van der Waals surface area contributed by atoms with Crippen molar-refractivity contribution in [2.24, 2.45) is 0 Å². The lowest BCUT2D eigenvalue weighted by Gasteiger charge is -2.39. The standard InChI is InChI=1S/C14H17ClN2O/c1-18-13-4-2-3-9-14(13,10-16)17-12-7-5-11(15)6-8-12/h5-8,13,17H,2-4,9H2,1H3. The molecule has 0 aromatic heterocycles. The molecule has 2 unspecified atom stereocenters. The first-order valence-electron chi connectivity index (χ1n) is 6.18. The molecule has 0 saturated heterocycles. The third-order valence-corrected chi connectivity index (χ3v) is 3.78. The summed E-state index contributed by atoms with van der Waals surface area (Å²) in [5, 5.41) is 13.6. The molecule has 0 spiro atoms. The molecule has 4 heteroatoms. The van der Waals surface area contributed by atoms with Crippen LogP contribution in [0.4, 0.5) is 5.69 Å². The fraction of sp³-hybridized carbons (Fsp3) is 0.500. The monoisotopic (exact) mass is 264 g/mol. The first-order chi connectivity index (χ1) is 8.70. The summed E-state index contributed by atoms with van der Waals surface area (Å²) < 4.78 is 5.48. The Labute approximate surface area is 113 Å². The lowest BCUT2D eigenvalue weighted by atomic mass is 9.80. The SMILES string of the molecule is COC1CCCCC1(C#N)Nc1ccc(Cl)cc1. The molecule has 0 radical (unpaired) electrons. The molecule has 1 saturated carbocycles. The van der Waals surface area contributed by atoms with Crippen LogP contribution in [0.5, 0.6) is 0 Å². The number of hydrogen-bond acceptors (Lipinski definition) is 3. The number of anilines is 1. The number of benzene rings is 1. The largest absolute Gasteiger partial charge is 0.378 e. The Kier molecular flexibility index (Phi) is 4.11. The minimum Gasteiger partial charge on any atom is -0.378 e. The van der Waals surface area contributed by atoms with Crippen molar-refractivity contribution >= 4 is 17.3 Å². The van der Waals surface area contributed by atoms with E-state index in [4.69, 9.17) is 16.3 Å². The third-order valence-electron chi connectivity index (χ3n) is 3.53. The molecular formula is C14H17ClN2O. The number of hydrogen-bond donors (Lipinski definition) is 1. The first-order valence-corrected chi connectivity index (χ1v) is 6.56. The van der Waals surface area contributed by atoms with Crippen molar-refractivity contribution in [1.29, 1.82) is 5.26 Å². The van der Waals surface area contributed by atoms with Crippen LogP contribution < -0.4 is 5.32 Å². The zero-order chi connectivity index (χ0) is 13.0. The molecule has 1 aromatic rings. The quantitative estimate of drug-likeness (QED) is 0.907. The Hall–Kier alpha value is -1.24. The maximum atomic E-state index is 9.54. The molecule has 2 rings (SSSR count). The summed E-state index contributed by atoms with van der Waals surface area (Å²) in [6.07, 6.45) is 3.83.